The van der Waals surface area contributed by atoms with Gasteiger partial charge in [0.25, 0.3) is 5.56 Å². The van der Waals surface area contributed by atoms with Crippen molar-refractivity contribution in [3.05, 3.63) is 85.8 Å². The van der Waals surface area contributed by atoms with E-state index in [1.54, 1.807) is 53.9 Å². The molecular weight excluding hydrogens is 459 g/mol. The number of hydrogen-bond donors (Lipinski definition) is 1. The first kappa shape index (κ1) is 23.2. The third-order valence-corrected chi connectivity index (χ3v) is 5.70. The van der Waals surface area contributed by atoms with E-state index in [0.717, 1.165) is 0 Å². The van der Waals surface area contributed by atoms with Gasteiger partial charge in [0.15, 0.2) is 11.5 Å². The number of methoxy groups -OCH3 is 2. The first-order valence-electron chi connectivity index (χ1n) is 10.4. The molecule has 7 nitrogen and oxygen atoms in total. The van der Waals surface area contributed by atoms with Crippen LogP contribution in [0.1, 0.15) is 22.8 Å². The molecule has 0 saturated carbocycles. The molecule has 1 N–H and O–H groups in total. The Labute approximate surface area is 199 Å². The predicted octanol–water partition coefficient (Wildman–Crippen LogP) is 3.90. The van der Waals surface area contributed by atoms with Crippen LogP contribution in [-0.2, 0) is 4.74 Å². The standard InChI is InChI=1S/C25H21FN2O5S/c1-4-33-25(30)21-18(15-6-8-16(26)9-7-15)13-28-22(21)27-23(29)17(24(28)34)11-14-5-10-19(31-2)20(12-14)32-3/h5-13H,4H2,1-3H3,(H,27,29). The number of carbonyl (C=O) groups excluding carboxylic acids is 1. The monoisotopic (exact) mass is 480 g/mol. The summed E-state index contributed by atoms with van der Waals surface area (Å²) in [5.74, 6) is 0.0280. The Hall–Kier alpha value is -3.98. The molecule has 9 heteroatoms. The van der Waals surface area contributed by atoms with Crippen LogP contribution in [0, 0.1) is 10.5 Å². The highest BCUT2D eigenvalue weighted by atomic mass is 32.1. The Kier molecular flexibility index (Phi) is 6.47. The van der Waals surface area contributed by atoms with Gasteiger partial charge in [-0.1, -0.05) is 30.4 Å². The second-order valence-corrected chi connectivity index (χ2v) is 7.68. The topological polar surface area (TPSA) is 82.0 Å². The van der Waals surface area contributed by atoms with Gasteiger partial charge in [-0.3, -0.25) is 9.20 Å². The minimum Gasteiger partial charge on any atom is -0.493 e. The molecule has 0 aliphatic heterocycles. The number of esters is 1. The molecule has 0 aliphatic carbocycles. The minimum atomic E-state index is -0.619. The van der Waals surface area contributed by atoms with Gasteiger partial charge in [-0.2, -0.15) is 0 Å². The van der Waals surface area contributed by atoms with Crippen molar-refractivity contribution < 1.29 is 23.4 Å². The molecule has 0 spiro atoms. The lowest BCUT2D eigenvalue weighted by atomic mass is 10.0. The van der Waals surface area contributed by atoms with Gasteiger partial charge in [-0.25, -0.2) is 9.18 Å². The molecule has 0 fully saturated rings. The van der Waals surface area contributed by atoms with Crippen molar-refractivity contribution in [2.24, 2.45) is 0 Å². The number of carbonyl (C=O) groups is 1. The van der Waals surface area contributed by atoms with Crippen LogP contribution in [0.15, 0.2) is 53.5 Å². The Morgan fingerprint density at radius 1 is 1.12 bits per heavy atom. The van der Waals surface area contributed by atoms with E-state index in [9.17, 15) is 14.0 Å². The summed E-state index contributed by atoms with van der Waals surface area (Å²) in [6, 6.07) is 10.9. The first-order valence-corrected chi connectivity index (χ1v) is 10.8. The minimum absolute atomic E-state index is 0.148. The maximum atomic E-state index is 13.5. The zero-order valence-electron chi connectivity index (χ0n) is 18.7. The van der Waals surface area contributed by atoms with Crippen LogP contribution in [0.2, 0.25) is 0 Å². The van der Waals surface area contributed by atoms with E-state index in [1.807, 2.05) is 0 Å². The summed E-state index contributed by atoms with van der Waals surface area (Å²) in [6.45, 7) is 1.83. The average Bonchev–Trinajstić information content (AvgIpc) is 3.21. The lowest BCUT2D eigenvalue weighted by Crippen LogP contribution is -2.30. The van der Waals surface area contributed by atoms with E-state index in [0.29, 0.717) is 28.2 Å². The van der Waals surface area contributed by atoms with Crippen molar-refractivity contribution >= 4 is 29.9 Å². The lowest BCUT2D eigenvalue weighted by molar-refractivity contribution is 0.0529. The van der Waals surface area contributed by atoms with E-state index in [4.69, 9.17) is 26.4 Å². The van der Waals surface area contributed by atoms with Crippen LogP contribution in [0.4, 0.5) is 4.39 Å². The highest BCUT2D eigenvalue weighted by Crippen LogP contribution is 2.29. The summed E-state index contributed by atoms with van der Waals surface area (Å²) in [4.78, 5) is 28.6. The molecule has 34 heavy (non-hydrogen) atoms. The summed E-state index contributed by atoms with van der Waals surface area (Å²) in [5, 5.41) is 0.228. The van der Waals surface area contributed by atoms with Crippen molar-refractivity contribution in [3.8, 4) is 22.6 Å². The highest BCUT2D eigenvalue weighted by Gasteiger charge is 2.22. The molecule has 0 radical (unpaired) electrons. The van der Waals surface area contributed by atoms with Gasteiger partial charge in [0.2, 0.25) is 0 Å². The number of aromatic amines is 1. The highest BCUT2D eigenvalue weighted by molar-refractivity contribution is 7.71. The van der Waals surface area contributed by atoms with Gasteiger partial charge in [0.1, 0.15) is 21.7 Å². The van der Waals surface area contributed by atoms with Crippen molar-refractivity contribution in [3.63, 3.8) is 0 Å². The number of ether oxygens (including phenoxy) is 3. The van der Waals surface area contributed by atoms with Crippen molar-refractivity contribution in [2.75, 3.05) is 20.8 Å². The fourth-order valence-electron chi connectivity index (χ4n) is 3.69. The molecule has 0 unspecified atom stereocenters. The van der Waals surface area contributed by atoms with E-state index in [1.165, 1.54) is 26.4 Å². The number of nitrogens with one attached hydrogen (secondary N) is 1. The smallest absolute Gasteiger partial charge is 0.342 e. The Morgan fingerprint density at radius 2 is 1.82 bits per heavy atom. The molecule has 0 aliphatic rings. The van der Waals surface area contributed by atoms with Crippen molar-refractivity contribution in [2.45, 2.75) is 6.92 Å². The van der Waals surface area contributed by atoms with Gasteiger partial charge in [-0.15, -0.1) is 0 Å². The van der Waals surface area contributed by atoms with Crippen molar-refractivity contribution in [1.29, 1.82) is 0 Å². The maximum absolute atomic E-state index is 13.5. The summed E-state index contributed by atoms with van der Waals surface area (Å²) in [6.07, 6.45) is 3.27. The molecule has 4 rings (SSSR count). The molecule has 0 saturated heterocycles. The lowest BCUT2D eigenvalue weighted by Gasteiger charge is -2.07. The molecule has 2 aromatic heterocycles. The fourth-order valence-corrected chi connectivity index (χ4v) is 3.98. The van der Waals surface area contributed by atoms with Gasteiger partial charge >= 0.3 is 5.97 Å². The van der Waals surface area contributed by atoms with Gasteiger partial charge < -0.3 is 19.2 Å². The van der Waals surface area contributed by atoms with Gasteiger partial charge in [0, 0.05) is 11.8 Å². The Bertz CT molecular complexity index is 1560. The van der Waals surface area contributed by atoms with Gasteiger partial charge in [0.05, 0.1) is 26.0 Å². The second-order valence-electron chi connectivity index (χ2n) is 7.30. The molecule has 2 heterocycles. The number of hydrogen-bond acceptors (Lipinski definition) is 6. The Balaban J connectivity index is 1.99. The number of fused-ring (bicyclic) bond motifs is 1. The first-order chi connectivity index (χ1) is 16.4. The quantitative estimate of drug-likeness (QED) is 0.333. The summed E-state index contributed by atoms with van der Waals surface area (Å²) in [5.41, 5.74) is 1.59. The van der Waals surface area contributed by atoms with E-state index < -0.39 is 17.3 Å². The average molecular weight is 481 g/mol. The molecular formula is C25H21FN2O5S. The molecule has 2 aromatic carbocycles. The zero-order valence-corrected chi connectivity index (χ0v) is 19.5. The summed E-state index contributed by atoms with van der Waals surface area (Å²) >= 11 is 5.63. The van der Waals surface area contributed by atoms with E-state index >= 15 is 0 Å². The number of benzene rings is 2. The third-order valence-electron chi connectivity index (χ3n) is 5.28. The number of halogens is 1. The van der Waals surface area contributed by atoms with E-state index in [2.05, 4.69) is 4.98 Å². The predicted molar refractivity (Wildman–Crippen MR) is 129 cm³/mol. The molecule has 0 atom stereocenters. The number of rotatable bonds is 6. The normalized spacial score (nSPS) is 11.6. The van der Waals surface area contributed by atoms with Crippen LogP contribution >= 0.6 is 12.2 Å². The third kappa shape index (κ3) is 4.17. The van der Waals surface area contributed by atoms with Crippen LogP contribution in [0.3, 0.4) is 0 Å². The molecule has 0 bridgehead atoms. The zero-order chi connectivity index (χ0) is 24.4. The summed E-state index contributed by atoms with van der Waals surface area (Å²) < 4.78 is 31.0. The van der Waals surface area contributed by atoms with E-state index in [-0.39, 0.29) is 27.7 Å². The number of H-pyrrole nitrogens is 1. The molecule has 4 aromatic rings. The number of aromatic nitrogens is 2. The van der Waals surface area contributed by atoms with Crippen LogP contribution < -0.4 is 20.3 Å². The van der Waals surface area contributed by atoms with Crippen LogP contribution in [-0.4, -0.2) is 36.2 Å². The second kappa shape index (κ2) is 9.48. The Morgan fingerprint density at radius 3 is 2.47 bits per heavy atom. The summed E-state index contributed by atoms with van der Waals surface area (Å²) in [7, 11) is 3.06. The van der Waals surface area contributed by atoms with Crippen LogP contribution in [0.5, 0.6) is 11.5 Å². The van der Waals surface area contributed by atoms with Crippen LogP contribution in [0.25, 0.3) is 22.9 Å². The maximum Gasteiger partial charge on any atom is 0.342 e. The largest absolute Gasteiger partial charge is 0.493 e. The molecule has 174 valence electrons. The SMILES string of the molecule is CCOC(=O)c1c(-c2ccc(F)cc2)cn2c(=S)c(=Cc3ccc(OC)c(OC)c3)c(=O)[nH]c12. The number of nitrogens with zero attached hydrogens (tertiary/aromatic N) is 1. The molecule has 0 amide bonds. The fraction of sp³-hybridized carbons (Fsp3) is 0.160. The van der Waals surface area contributed by atoms with Crippen molar-refractivity contribution in [1.82, 2.24) is 9.38 Å². The van der Waals surface area contributed by atoms with Gasteiger partial charge in [-0.05, 0) is 48.4 Å².